The van der Waals surface area contributed by atoms with E-state index in [2.05, 4.69) is 10.5 Å². The van der Waals surface area contributed by atoms with Crippen LogP contribution in [0, 0.1) is 0 Å². The largest absolute Gasteiger partial charge is 0.465 e. The van der Waals surface area contributed by atoms with Gasteiger partial charge in [0.25, 0.3) is 0 Å². The highest BCUT2D eigenvalue weighted by molar-refractivity contribution is 6.13. The second-order valence-corrected chi connectivity index (χ2v) is 6.29. The molecule has 27 heavy (non-hydrogen) atoms. The molecule has 0 saturated heterocycles. The van der Waals surface area contributed by atoms with E-state index in [1.54, 1.807) is 0 Å². The van der Waals surface area contributed by atoms with E-state index >= 15 is 0 Å². The molecule has 5 heteroatoms. The number of amides is 1. The molecule has 134 valence electrons. The first-order valence-corrected chi connectivity index (χ1v) is 8.81. The molecule has 5 nitrogen and oxygen atoms in total. The van der Waals surface area contributed by atoms with E-state index in [9.17, 15) is 9.90 Å². The highest BCUT2D eigenvalue weighted by atomic mass is 16.4. The van der Waals surface area contributed by atoms with Gasteiger partial charge in [-0.2, -0.15) is 5.10 Å². The second kappa shape index (κ2) is 7.33. The third-order valence-electron chi connectivity index (χ3n) is 4.64. The molecule has 2 N–H and O–H groups in total. The number of nitrogens with one attached hydrogen (secondary N) is 1. The van der Waals surface area contributed by atoms with Gasteiger partial charge >= 0.3 is 6.09 Å². The SMILES string of the molecule is O=C(O)N1CCc2c(NN=C(c3ccccc3)c3ccccc3)cccc21. The Bertz CT molecular complexity index is 943. The summed E-state index contributed by atoms with van der Waals surface area (Å²) in [5, 5.41) is 14.0. The summed E-state index contributed by atoms with van der Waals surface area (Å²) in [6.45, 7) is 0.470. The second-order valence-electron chi connectivity index (χ2n) is 6.29. The minimum Gasteiger partial charge on any atom is -0.465 e. The average molecular weight is 357 g/mol. The summed E-state index contributed by atoms with van der Waals surface area (Å²) in [7, 11) is 0. The molecule has 3 aromatic rings. The molecule has 1 amide bonds. The van der Waals surface area contributed by atoms with Crippen LogP contribution in [0.15, 0.2) is 84.0 Å². The Hall–Kier alpha value is -3.60. The number of carbonyl (C=O) groups is 1. The lowest BCUT2D eigenvalue weighted by Crippen LogP contribution is -2.26. The molecule has 0 bridgehead atoms. The summed E-state index contributed by atoms with van der Waals surface area (Å²) in [4.78, 5) is 12.8. The number of nitrogens with zero attached hydrogens (tertiary/aromatic N) is 2. The minimum absolute atomic E-state index is 0.470. The van der Waals surface area contributed by atoms with E-state index in [-0.39, 0.29) is 0 Å². The molecule has 0 aliphatic carbocycles. The summed E-state index contributed by atoms with van der Waals surface area (Å²) in [5.41, 5.74) is 8.56. The first-order valence-electron chi connectivity index (χ1n) is 8.81. The topological polar surface area (TPSA) is 64.9 Å². The first kappa shape index (κ1) is 16.8. The molecule has 4 rings (SSSR count). The van der Waals surface area contributed by atoms with Crippen LogP contribution in [0.3, 0.4) is 0 Å². The van der Waals surface area contributed by atoms with Crippen molar-refractivity contribution in [1.82, 2.24) is 0 Å². The monoisotopic (exact) mass is 357 g/mol. The fraction of sp³-hybridized carbons (Fsp3) is 0.0909. The molecule has 0 saturated carbocycles. The first-order chi connectivity index (χ1) is 13.2. The van der Waals surface area contributed by atoms with Crippen molar-refractivity contribution in [3.63, 3.8) is 0 Å². The zero-order valence-corrected chi connectivity index (χ0v) is 14.7. The van der Waals surface area contributed by atoms with Crippen LogP contribution in [-0.4, -0.2) is 23.5 Å². The molecule has 0 aromatic heterocycles. The van der Waals surface area contributed by atoms with Crippen molar-refractivity contribution in [1.29, 1.82) is 0 Å². The number of carboxylic acid groups (broad SMARTS) is 1. The van der Waals surface area contributed by atoms with E-state index in [0.717, 1.165) is 33.8 Å². The molecule has 3 aromatic carbocycles. The van der Waals surface area contributed by atoms with Gasteiger partial charge in [0.1, 0.15) is 0 Å². The van der Waals surface area contributed by atoms with Crippen LogP contribution < -0.4 is 10.3 Å². The number of anilines is 2. The van der Waals surface area contributed by atoms with Crippen molar-refractivity contribution in [2.75, 3.05) is 16.9 Å². The molecule has 0 radical (unpaired) electrons. The Labute approximate surface area is 157 Å². The van der Waals surface area contributed by atoms with Gasteiger partial charge in [0.15, 0.2) is 0 Å². The Morgan fingerprint density at radius 1 is 0.889 bits per heavy atom. The van der Waals surface area contributed by atoms with Gasteiger partial charge in [0.05, 0.1) is 17.1 Å². The van der Waals surface area contributed by atoms with E-state index in [4.69, 9.17) is 0 Å². The van der Waals surface area contributed by atoms with Gasteiger partial charge in [-0.3, -0.25) is 10.3 Å². The van der Waals surface area contributed by atoms with Crippen LogP contribution in [0.1, 0.15) is 16.7 Å². The van der Waals surface area contributed by atoms with E-state index in [1.165, 1.54) is 4.90 Å². The van der Waals surface area contributed by atoms with Crippen molar-refractivity contribution in [2.45, 2.75) is 6.42 Å². The van der Waals surface area contributed by atoms with Crippen LogP contribution in [0.25, 0.3) is 0 Å². The van der Waals surface area contributed by atoms with Crippen LogP contribution in [0.4, 0.5) is 16.2 Å². The third kappa shape index (κ3) is 3.40. The van der Waals surface area contributed by atoms with Crippen LogP contribution in [0.5, 0.6) is 0 Å². The minimum atomic E-state index is -0.927. The molecule has 1 heterocycles. The number of hydrazone groups is 1. The number of fused-ring (bicyclic) bond motifs is 1. The van der Waals surface area contributed by atoms with Crippen molar-refractivity contribution >= 4 is 23.2 Å². The highest BCUT2D eigenvalue weighted by Gasteiger charge is 2.26. The Morgan fingerprint density at radius 2 is 1.52 bits per heavy atom. The van der Waals surface area contributed by atoms with Crippen molar-refractivity contribution < 1.29 is 9.90 Å². The van der Waals surface area contributed by atoms with Gasteiger partial charge in [-0.25, -0.2) is 4.79 Å². The lowest BCUT2D eigenvalue weighted by atomic mass is 10.0. The Morgan fingerprint density at radius 3 is 2.11 bits per heavy atom. The zero-order valence-electron chi connectivity index (χ0n) is 14.7. The number of rotatable bonds is 4. The summed E-state index contributed by atoms with van der Waals surface area (Å²) >= 11 is 0. The molecule has 0 atom stereocenters. The molecule has 0 unspecified atom stereocenters. The van der Waals surface area contributed by atoms with Gasteiger partial charge in [-0.05, 0) is 18.6 Å². The van der Waals surface area contributed by atoms with Gasteiger partial charge in [-0.1, -0.05) is 66.7 Å². The fourth-order valence-electron chi connectivity index (χ4n) is 3.34. The molecule has 1 aliphatic rings. The van der Waals surface area contributed by atoms with Crippen molar-refractivity contribution in [3.05, 3.63) is 95.6 Å². The van der Waals surface area contributed by atoms with E-state index in [0.29, 0.717) is 13.0 Å². The molecule has 1 aliphatic heterocycles. The summed E-state index contributed by atoms with van der Waals surface area (Å²) in [5.74, 6) is 0. The number of hydrogen-bond donors (Lipinski definition) is 2. The summed E-state index contributed by atoms with van der Waals surface area (Å²) < 4.78 is 0. The van der Waals surface area contributed by atoms with E-state index < -0.39 is 6.09 Å². The maximum absolute atomic E-state index is 11.4. The Kier molecular flexibility index (Phi) is 4.58. The normalized spacial score (nSPS) is 12.4. The third-order valence-corrected chi connectivity index (χ3v) is 4.64. The van der Waals surface area contributed by atoms with Crippen LogP contribution in [-0.2, 0) is 6.42 Å². The zero-order chi connectivity index (χ0) is 18.6. The molecule has 0 spiro atoms. The average Bonchev–Trinajstić information content (AvgIpc) is 3.15. The predicted molar refractivity (Wildman–Crippen MR) is 108 cm³/mol. The molecular weight excluding hydrogens is 338 g/mol. The van der Waals surface area contributed by atoms with Gasteiger partial charge in [0, 0.05) is 23.2 Å². The highest BCUT2D eigenvalue weighted by Crippen LogP contribution is 2.33. The maximum atomic E-state index is 11.4. The summed E-state index contributed by atoms with van der Waals surface area (Å²) in [6, 6.07) is 25.6. The van der Waals surface area contributed by atoms with Gasteiger partial charge in [-0.15, -0.1) is 0 Å². The quantitative estimate of drug-likeness (QED) is 0.530. The lowest BCUT2D eigenvalue weighted by Gasteiger charge is -2.14. The van der Waals surface area contributed by atoms with Gasteiger partial charge < -0.3 is 5.11 Å². The predicted octanol–water partition coefficient (Wildman–Crippen LogP) is 4.59. The molecule has 0 fully saturated rings. The Balaban J connectivity index is 1.71. The lowest BCUT2D eigenvalue weighted by molar-refractivity contribution is 0.202. The van der Waals surface area contributed by atoms with E-state index in [1.807, 2.05) is 78.9 Å². The van der Waals surface area contributed by atoms with Crippen LogP contribution >= 0.6 is 0 Å². The standard InChI is InChI=1S/C22H19N3O2/c26-22(27)25-15-14-18-19(12-7-13-20(18)25)23-24-21(16-8-3-1-4-9-16)17-10-5-2-6-11-17/h1-13,23H,14-15H2,(H,26,27). The number of benzene rings is 3. The maximum Gasteiger partial charge on any atom is 0.411 e. The van der Waals surface area contributed by atoms with Crippen molar-refractivity contribution in [3.8, 4) is 0 Å². The van der Waals surface area contributed by atoms with Crippen LogP contribution in [0.2, 0.25) is 0 Å². The number of hydrogen-bond acceptors (Lipinski definition) is 3. The van der Waals surface area contributed by atoms with Gasteiger partial charge in [0.2, 0.25) is 0 Å². The van der Waals surface area contributed by atoms with Crippen molar-refractivity contribution in [2.24, 2.45) is 5.10 Å². The fourth-order valence-corrected chi connectivity index (χ4v) is 3.34. The smallest absolute Gasteiger partial charge is 0.411 e. The summed E-state index contributed by atoms with van der Waals surface area (Å²) in [6.07, 6.45) is -0.254. The molecular formula is C22H19N3O2.